The van der Waals surface area contributed by atoms with Crippen molar-refractivity contribution < 1.29 is 9.53 Å². The number of amides is 1. The van der Waals surface area contributed by atoms with Gasteiger partial charge in [0.2, 0.25) is 0 Å². The fourth-order valence-electron chi connectivity index (χ4n) is 3.33. The first-order chi connectivity index (χ1) is 12.3. The molecule has 1 aromatic heterocycles. The molecule has 2 atom stereocenters. The molecule has 1 aliphatic heterocycles. The number of nitrogens with one attached hydrogen (secondary N) is 1. The van der Waals surface area contributed by atoms with Gasteiger partial charge in [0.15, 0.2) is 0 Å². The van der Waals surface area contributed by atoms with Crippen molar-refractivity contribution in [3.05, 3.63) is 48.2 Å². The van der Waals surface area contributed by atoms with Crippen LogP contribution in [0.15, 0.2) is 42.6 Å². The van der Waals surface area contributed by atoms with Gasteiger partial charge in [-0.05, 0) is 39.2 Å². The molecule has 0 saturated carbocycles. The number of carbonyl (C=O) groups is 1. The standard InChI is InChI=1S/C20H28N4O2/c1-20(2,3)26-19(25)24-13-10-16(21-18-11-12-23(4)22-18)14-17(24)15-8-6-5-7-9-15/h5-9,11-12,16-17H,10,13-14H2,1-4H3,(H,21,22). The molecule has 3 rings (SSSR count). The second kappa shape index (κ2) is 7.40. The minimum atomic E-state index is -0.499. The number of piperidine rings is 1. The number of aryl methyl sites for hydroxylation is 1. The highest BCUT2D eigenvalue weighted by atomic mass is 16.6. The maximum Gasteiger partial charge on any atom is 0.410 e. The zero-order valence-corrected chi connectivity index (χ0v) is 16.0. The predicted molar refractivity (Wildman–Crippen MR) is 102 cm³/mol. The normalized spacial score (nSPS) is 20.7. The van der Waals surface area contributed by atoms with E-state index in [0.717, 1.165) is 24.2 Å². The smallest absolute Gasteiger partial charge is 0.410 e. The summed E-state index contributed by atoms with van der Waals surface area (Å²) in [6, 6.07) is 12.4. The summed E-state index contributed by atoms with van der Waals surface area (Å²) in [5, 5.41) is 7.90. The lowest BCUT2D eigenvalue weighted by Crippen LogP contribution is -2.46. The van der Waals surface area contributed by atoms with E-state index in [0.29, 0.717) is 6.54 Å². The minimum Gasteiger partial charge on any atom is -0.444 e. The van der Waals surface area contributed by atoms with Gasteiger partial charge in [0, 0.05) is 31.9 Å². The molecule has 26 heavy (non-hydrogen) atoms. The summed E-state index contributed by atoms with van der Waals surface area (Å²) in [6.45, 7) is 6.35. The minimum absolute atomic E-state index is 0.0130. The first kappa shape index (κ1) is 18.3. The number of ether oxygens (including phenoxy) is 1. The SMILES string of the molecule is Cn1ccc(NC2CCN(C(=O)OC(C)(C)C)C(c3ccccc3)C2)n1. The zero-order chi connectivity index (χ0) is 18.7. The van der Waals surface area contributed by atoms with Gasteiger partial charge >= 0.3 is 6.09 Å². The van der Waals surface area contributed by atoms with E-state index in [1.165, 1.54) is 0 Å². The molecule has 1 saturated heterocycles. The topological polar surface area (TPSA) is 59.4 Å². The molecule has 0 aliphatic carbocycles. The van der Waals surface area contributed by atoms with Crippen molar-refractivity contribution >= 4 is 11.9 Å². The molecule has 1 N–H and O–H groups in total. The van der Waals surface area contributed by atoms with Crippen LogP contribution < -0.4 is 5.32 Å². The van der Waals surface area contributed by atoms with Gasteiger partial charge in [0.05, 0.1) is 6.04 Å². The van der Waals surface area contributed by atoms with Crippen molar-refractivity contribution in [2.75, 3.05) is 11.9 Å². The van der Waals surface area contributed by atoms with Gasteiger partial charge in [-0.15, -0.1) is 0 Å². The maximum absolute atomic E-state index is 12.7. The largest absolute Gasteiger partial charge is 0.444 e. The molecular weight excluding hydrogens is 328 g/mol. The molecular formula is C20H28N4O2. The van der Waals surface area contributed by atoms with Crippen LogP contribution >= 0.6 is 0 Å². The van der Waals surface area contributed by atoms with Crippen molar-refractivity contribution in [1.82, 2.24) is 14.7 Å². The van der Waals surface area contributed by atoms with Crippen LogP contribution in [0.25, 0.3) is 0 Å². The van der Waals surface area contributed by atoms with E-state index in [9.17, 15) is 4.79 Å². The van der Waals surface area contributed by atoms with Gasteiger partial charge in [-0.3, -0.25) is 4.68 Å². The Morgan fingerprint density at radius 3 is 2.58 bits per heavy atom. The summed E-state index contributed by atoms with van der Waals surface area (Å²) >= 11 is 0. The Kier molecular flexibility index (Phi) is 5.20. The lowest BCUT2D eigenvalue weighted by Gasteiger charge is -2.40. The van der Waals surface area contributed by atoms with Crippen LogP contribution in [-0.4, -0.2) is 39.0 Å². The first-order valence-electron chi connectivity index (χ1n) is 9.12. The summed E-state index contributed by atoms with van der Waals surface area (Å²) in [4.78, 5) is 14.6. The van der Waals surface area contributed by atoms with Crippen LogP contribution in [0.1, 0.15) is 45.2 Å². The lowest BCUT2D eigenvalue weighted by atomic mass is 9.92. The predicted octanol–water partition coefficient (Wildman–Crippen LogP) is 3.97. The molecule has 1 aliphatic rings. The van der Waals surface area contributed by atoms with E-state index in [-0.39, 0.29) is 18.2 Å². The van der Waals surface area contributed by atoms with E-state index in [1.54, 1.807) is 4.68 Å². The maximum atomic E-state index is 12.7. The van der Waals surface area contributed by atoms with E-state index >= 15 is 0 Å². The molecule has 140 valence electrons. The lowest BCUT2D eigenvalue weighted by molar-refractivity contribution is 0.00856. The fourth-order valence-corrected chi connectivity index (χ4v) is 3.33. The van der Waals surface area contributed by atoms with Gasteiger partial charge in [0.1, 0.15) is 11.4 Å². The molecule has 1 amide bonds. The van der Waals surface area contributed by atoms with E-state index in [4.69, 9.17) is 4.74 Å². The fraction of sp³-hybridized carbons (Fsp3) is 0.500. The van der Waals surface area contributed by atoms with Crippen LogP contribution in [0.2, 0.25) is 0 Å². The third kappa shape index (κ3) is 4.56. The number of benzene rings is 1. The highest BCUT2D eigenvalue weighted by Gasteiger charge is 2.35. The number of hydrogen-bond acceptors (Lipinski definition) is 4. The molecule has 6 heteroatoms. The molecule has 1 fully saturated rings. The molecule has 0 radical (unpaired) electrons. The van der Waals surface area contributed by atoms with Crippen molar-refractivity contribution in [2.45, 2.75) is 51.3 Å². The second-order valence-corrected chi connectivity index (χ2v) is 7.84. The molecule has 2 aromatic rings. The summed E-state index contributed by atoms with van der Waals surface area (Å²) in [6.07, 6.45) is 3.36. The highest BCUT2D eigenvalue weighted by Crippen LogP contribution is 2.33. The van der Waals surface area contributed by atoms with Gasteiger partial charge in [-0.25, -0.2) is 4.79 Å². The summed E-state index contributed by atoms with van der Waals surface area (Å²) < 4.78 is 7.42. The van der Waals surface area contributed by atoms with Crippen LogP contribution in [0.3, 0.4) is 0 Å². The van der Waals surface area contributed by atoms with Gasteiger partial charge in [0.25, 0.3) is 0 Å². The van der Waals surface area contributed by atoms with Crippen molar-refractivity contribution in [2.24, 2.45) is 7.05 Å². The molecule has 0 spiro atoms. The Morgan fingerprint density at radius 2 is 1.96 bits per heavy atom. The molecule has 2 heterocycles. The number of nitrogens with zero attached hydrogens (tertiary/aromatic N) is 3. The van der Waals surface area contributed by atoms with Crippen LogP contribution in [0.4, 0.5) is 10.6 Å². The van der Waals surface area contributed by atoms with E-state index in [1.807, 2.05) is 63.2 Å². The van der Waals surface area contributed by atoms with Crippen LogP contribution in [0.5, 0.6) is 0 Å². The zero-order valence-electron chi connectivity index (χ0n) is 16.0. The van der Waals surface area contributed by atoms with Crippen molar-refractivity contribution in [1.29, 1.82) is 0 Å². The molecule has 2 unspecified atom stereocenters. The highest BCUT2D eigenvalue weighted by molar-refractivity contribution is 5.69. The quantitative estimate of drug-likeness (QED) is 0.904. The Balaban J connectivity index is 1.77. The molecule has 1 aromatic carbocycles. The Morgan fingerprint density at radius 1 is 1.23 bits per heavy atom. The van der Waals surface area contributed by atoms with Crippen LogP contribution in [0, 0.1) is 0 Å². The number of likely N-dealkylation sites (tertiary alicyclic amines) is 1. The summed E-state index contributed by atoms with van der Waals surface area (Å²) in [5.74, 6) is 0.870. The third-order valence-electron chi connectivity index (χ3n) is 4.48. The van der Waals surface area contributed by atoms with Gasteiger partial charge in [-0.2, -0.15) is 5.10 Å². The third-order valence-corrected chi connectivity index (χ3v) is 4.48. The number of hydrogen-bond donors (Lipinski definition) is 1. The summed E-state index contributed by atoms with van der Waals surface area (Å²) in [7, 11) is 1.91. The van der Waals surface area contributed by atoms with E-state index in [2.05, 4.69) is 22.5 Å². The average molecular weight is 356 g/mol. The summed E-state index contributed by atoms with van der Waals surface area (Å²) in [5.41, 5.74) is 0.632. The first-order valence-corrected chi connectivity index (χ1v) is 9.12. The van der Waals surface area contributed by atoms with Crippen molar-refractivity contribution in [3.63, 3.8) is 0 Å². The monoisotopic (exact) mass is 356 g/mol. The number of carbonyl (C=O) groups excluding carboxylic acids is 1. The number of anilines is 1. The number of rotatable bonds is 3. The Labute approximate surface area is 155 Å². The van der Waals surface area contributed by atoms with Gasteiger partial charge < -0.3 is 15.0 Å². The molecule has 6 nitrogen and oxygen atoms in total. The Hall–Kier alpha value is -2.50. The second-order valence-electron chi connectivity index (χ2n) is 7.84. The van der Waals surface area contributed by atoms with Gasteiger partial charge in [-0.1, -0.05) is 30.3 Å². The van der Waals surface area contributed by atoms with Crippen LogP contribution in [-0.2, 0) is 11.8 Å². The molecule has 0 bridgehead atoms. The number of aromatic nitrogens is 2. The van der Waals surface area contributed by atoms with E-state index < -0.39 is 5.60 Å². The van der Waals surface area contributed by atoms with Crippen molar-refractivity contribution in [3.8, 4) is 0 Å². The Bertz CT molecular complexity index is 736. The average Bonchev–Trinajstić information content (AvgIpc) is 2.99.